The largest absolute Gasteiger partial charge is 0.469 e. The van der Waals surface area contributed by atoms with E-state index in [0.29, 0.717) is 6.54 Å². The van der Waals surface area contributed by atoms with Crippen LogP contribution in [-0.2, 0) is 19.1 Å². The number of benzene rings is 1. The van der Waals surface area contributed by atoms with Crippen molar-refractivity contribution in [2.45, 2.75) is 13.0 Å². The second kappa shape index (κ2) is 7.53. The van der Waals surface area contributed by atoms with Crippen LogP contribution in [0.15, 0.2) is 30.3 Å². The highest BCUT2D eigenvalue weighted by atomic mass is 16.5. The molecule has 0 fully saturated rings. The summed E-state index contributed by atoms with van der Waals surface area (Å²) in [4.78, 5) is 23.1. The molecule has 1 N–H and O–H groups in total. The molecule has 0 spiro atoms. The second-order valence-corrected chi connectivity index (χ2v) is 4.20. The minimum absolute atomic E-state index is 0.316. The van der Waals surface area contributed by atoms with Crippen LogP contribution >= 0.6 is 0 Å². The molecule has 0 aromatic heterocycles. The Kier molecular flexibility index (Phi) is 6.02. The van der Waals surface area contributed by atoms with Gasteiger partial charge in [-0.25, -0.2) is 4.79 Å². The number of hydrogen-bond acceptors (Lipinski definition) is 5. The van der Waals surface area contributed by atoms with Gasteiger partial charge in [-0.1, -0.05) is 37.3 Å². The van der Waals surface area contributed by atoms with Gasteiger partial charge in [-0.3, -0.25) is 10.1 Å². The lowest BCUT2D eigenvalue weighted by molar-refractivity contribution is -0.146. The number of carbonyl (C=O) groups is 2. The third-order valence-corrected chi connectivity index (χ3v) is 2.80. The smallest absolute Gasteiger partial charge is 0.327 e. The van der Waals surface area contributed by atoms with Crippen LogP contribution in [0, 0.1) is 5.92 Å². The summed E-state index contributed by atoms with van der Waals surface area (Å²) in [6.45, 7) is 2.07. The molecule has 5 heteroatoms. The lowest BCUT2D eigenvalue weighted by Crippen LogP contribution is -2.35. The van der Waals surface area contributed by atoms with Crippen LogP contribution in [0.3, 0.4) is 0 Å². The van der Waals surface area contributed by atoms with Crippen LogP contribution in [0.2, 0.25) is 0 Å². The molecule has 0 bridgehead atoms. The zero-order valence-corrected chi connectivity index (χ0v) is 11.4. The highest BCUT2D eigenvalue weighted by molar-refractivity contribution is 5.77. The maximum Gasteiger partial charge on any atom is 0.327 e. The van der Waals surface area contributed by atoms with E-state index in [9.17, 15) is 9.59 Å². The first-order valence-corrected chi connectivity index (χ1v) is 6.04. The average molecular weight is 265 g/mol. The molecule has 0 aliphatic heterocycles. The lowest BCUT2D eigenvalue weighted by Gasteiger charge is -2.18. The Morgan fingerprint density at radius 2 is 1.68 bits per heavy atom. The summed E-state index contributed by atoms with van der Waals surface area (Å²) in [5.41, 5.74) is 0.798. The molecule has 0 heterocycles. The molecule has 2 unspecified atom stereocenters. The first-order valence-electron chi connectivity index (χ1n) is 6.04. The fraction of sp³-hybridized carbons (Fsp3) is 0.429. The zero-order valence-electron chi connectivity index (χ0n) is 11.4. The molecule has 1 aromatic rings. The van der Waals surface area contributed by atoms with Gasteiger partial charge in [0.15, 0.2) is 0 Å². The Balaban J connectivity index is 2.72. The monoisotopic (exact) mass is 265 g/mol. The van der Waals surface area contributed by atoms with Crippen LogP contribution < -0.4 is 5.32 Å². The molecule has 0 saturated carbocycles. The second-order valence-electron chi connectivity index (χ2n) is 4.20. The van der Waals surface area contributed by atoms with Crippen molar-refractivity contribution in [1.29, 1.82) is 0 Å². The molecular weight excluding hydrogens is 246 g/mol. The van der Waals surface area contributed by atoms with Crippen molar-refractivity contribution in [2.24, 2.45) is 5.92 Å². The van der Waals surface area contributed by atoms with E-state index >= 15 is 0 Å². The molecule has 1 rings (SSSR count). The van der Waals surface area contributed by atoms with E-state index in [4.69, 9.17) is 4.74 Å². The highest BCUT2D eigenvalue weighted by Crippen LogP contribution is 2.14. The molecule has 104 valence electrons. The van der Waals surface area contributed by atoms with E-state index in [0.717, 1.165) is 5.56 Å². The number of carbonyl (C=O) groups excluding carboxylic acids is 2. The van der Waals surface area contributed by atoms with Gasteiger partial charge in [0.25, 0.3) is 0 Å². The van der Waals surface area contributed by atoms with Gasteiger partial charge in [-0.05, 0) is 5.56 Å². The standard InChI is InChI=1S/C14H19NO4/c1-10(13(16)18-2)9-15-12(14(17)19-3)11-7-5-4-6-8-11/h4-8,10,12,15H,9H2,1-3H3. The van der Waals surface area contributed by atoms with E-state index in [1.54, 1.807) is 6.92 Å². The van der Waals surface area contributed by atoms with Crippen molar-refractivity contribution in [3.63, 3.8) is 0 Å². The van der Waals surface area contributed by atoms with Gasteiger partial charge >= 0.3 is 11.9 Å². The highest BCUT2D eigenvalue weighted by Gasteiger charge is 2.23. The summed E-state index contributed by atoms with van der Waals surface area (Å²) < 4.78 is 9.41. The molecule has 0 amide bonds. The van der Waals surface area contributed by atoms with Crippen LogP contribution in [0.1, 0.15) is 18.5 Å². The molecule has 0 saturated heterocycles. The topological polar surface area (TPSA) is 64.6 Å². The van der Waals surface area contributed by atoms with Gasteiger partial charge in [-0.2, -0.15) is 0 Å². The van der Waals surface area contributed by atoms with Gasteiger partial charge in [0, 0.05) is 6.54 Å². The Morgan fingerprint density at radius 3 is 2.21 bits per heavy atom. The van der Waals surface area contributed by atoms with Crippen molar-refractivity contribution in [2.75, 3.05) is 20.8 Å². The van der Waals surface area contributed by atoms with Gasteiger partial charge in [0.05, 0.1) is 20.1 Å². The van der Waals surface area contributed by atoms with Gasteiger partial charge in [0.2, 0.25) is 0 Å². The lowest BCUT2D eigenvalue weighted by atomic mass is 10.1. The van der Waals surface area contributed by atoms with Crippen molar-refractivity contribution in [1.82, 2.24) is 5.32 Å². The fourth-order valence-corrected chi connectivity index (χ4v) is 1.68. The van der Waals surface area contributed by atoms with E-state index in [-0.39, 0.29) is 17.9 Å². The van der Waals surface area contributed by atoms with Gasteiger partial charge in [-0.15, -0.1) is 0 Å². The minimum atomic E-state index is -0.585. The summed E-state index contributed by atoms with van der Waals surface area (Å²) in [6, 6.07) is 8.63. The third kappa shape index (κ3) is 4.37. The Bertz CT molecular complexity index is 419. The average Bonchev–Trinajstić information content (AvgIpc) is 2.47. The molecule has 0 aliphatic rings. The first kappa shape index (κ1) is 15.2. The molecule has 0 aliphatic carbocycles. The van der Waals surface area contributed by atoms with Crippen molar-refractivity contribution >= 4 is 11.9 Å². The summed E-state index contributed by atoms with van der Waals surface area (Å²) in [5.74, 6) is -1.03. The minimum Gasteiger partial charge on any atom is -0.469 e. The maximum atomic E-state index is 11.8. The SMILES string of the molecule is COC(=O)C(C)CNC(C(=O)OC)c1ccccc1. The Morgan fingerprint density at radius 1 is 1.11 bits per heavy atom. The summed E-state index contributed by atoms with van der Waals surface area (Å²) in [7, 11) is 2.68. The summed E-state index contributed by atoms with van der Waals surface area (Å²) >= 11 is 0. The molecular formula is C14H19NO4. The number of hydrogen-bond donors (Lipinski definition) is 1. The molecule has 2 atom stereocenters. The van der Waals surface area contributed by atoms with E-state index in [2.05, 4.69) is 10.1 Å². The predicted octanol–water partition coefficient (Wildman–Crippen LogP) is 1.30. The summed E-state index contributed by atoms with van der Waals surface area (Å²) in [6.07, 6.45) is 0. The number of esters is 2. The number of nitrogens with one attached hydrogen (secondary N) is 1. The van der Waals surface area contributed by atoms with Crippen LogP contribution in [0.4, 0.5) is 0 Å². The fourth-order valence-electron chi connectivity index (χ4n) is 1.68. The maximum absolute atomic E-state index is 11.8. The van der Waals surface area contributed by atoms with Gasteiger partial charge < -0.3 is 9.47 Å². The quantitative estimate of drug-likeness (QED) is 0.785. The summed E-state index contributed by atoms with van der Waals surface area (Å²) in [5, 5.41) is 3.03. The first-order chi connectivity index (χ1) is 9.10. The van der Waals surface area contributed by atoms with E-state index < -0.39 is 6.04 Å². The molecule has 0 radical (unpaired) electrons. The van der Waals surface area contributed by atoms with Crippen LogP contribution in [-0.4, -0.2) is 32.7 Å². The zero-order chi connectivity index (χ0) is 14.3. The van der Waals surface area contributed by atoms with Crippen molar-refractivity contribution < 1.29 is 19.1 Å². The Labute approximate surface area is 112 Å². The number of methoxy groups -OCH3 is 2. The molecule has 19 heavy (non-hydrogen) atoms. The molecule has 1 aromatic carbocycles. The van der Waals surface area contributed by atoms with Crippen LogP contribution in [0.5, 0.6) is 0 Å². The van der Waals surface area contributed by atoms with E-state index in [1.807, 2.05) is 30.3 Å². The molecule has 5 nitrogen and oxygen atoms in total. The van der Waals surface area contributed by atoms with Crippen LogP contribution in [0.25, 0.3) is 0 Å². The van der Waals surface area contributed by atoms with Gasteiger partial charge in [0.1, 0.15) is 6.04 Å². The van der Waals surface area contributed by atoms with Crippen molar-refractivity contribution in [3.8, 4) is 0 Å². The van der Waals surface area contributed by atoms with Crippen molar-refractivity contribution in [3.05, 3.63) is 35.9 Å². The predicted molar refractivity (Wildman–Crippen MR) is 70.4 cm³/mol. The number of rotatable bonds is 6. The number of ether oxygens (including phenoxy) is 2. The third-order valence-electron chi connectivity index (χ3n) is 2.80. The van der Waals surface area contributed by atoms with E-state index in [1.165, 1.54) is 14.2 Å². The Hall–Kier alpha value is -1.88. The normalized spacial score (nSPS) is 13.4.